The molecule has 9 aliphatic carbocycles. The van der Waals surface area contributed by atoms with E-state index in [1.54, 1.807) is 193 Å². The monoisotopic (exact) mass is 1790 g/mol. The molecule has 2 heterocycles. The Kier molecular flexibility index (Phi) is 37.4. The summed E-state index contributed by atoms with van der Waals surface area (Å²) >= 11 is 7.91. The van der Waals surface area contributed by atoms with Crippen molar-refractivity contribution in [2.24, 2.45) is 35.5 Å². The molecule has 0 spiro atoms. The zero-order valence-electron chi connectivity index (χ0n) is 75.7. The molecule has 7 aromatic rings. The third-order valence-corrected chi connectivity index (χ3v) is 40.9. The van der Waals surface area contributed by atoms with Gasteiger partial charge in [-0.2, -0.15) is 0 Å². The predicted molar refractivity (Wildman–Crippen MR) is 528 cm³/mol. The van der Waals surface area contributed by atoms with Crippen LogP contribution in [0.2, 0.25) is 0 Å². The van der Waals surface area contributed by atoms with Gasteiger partial charge < -0.3 is 9.13 Å². The topological polar surface area (TPSA) is 9.86 Å². The summed E-state index contributed by atoms with van der Waals surface area (Å²) in [5.74, 6) is 4.87. The van der Waals surface area contributed by atoms with Crippen molar-refractivity contribution in [3.05, 3.63) is 168 Å². The molecular formula is C108H162Cl4N2P2Ru+2. The third-order valence-electron chi connectivity index (χ3n) is 29.9. The Balaban J connectivity index is 0.000000149. The van der Waals surface area contributed by atoms with E-state index in [0.717, 1.165) is 42.3 Å². The van der Waals surface area contributed by atoms with Crippen LogP contribution < -0.4 is 0 Å². The quantitative estimate of drug-likeness (QED) is 0.0251. The number of halogens is 4. The van der Waals surface area contributed by atoms with Crippen molar-refractivity contribution >= 4 is 107 Å². The van der Waals surface area contributed by atoms with Crippen molar-refractivity contribution in [3.8, 4) is 0 Å². The fraction of sp³-hybridized carbons (Fsp3) is 0.657. The van der Waals surface area contributed by atoms with Crippen LogP contribution in [-0.4, -0.2) is 53.0 Å². The number of aromatic nitrogens is 2. The Morgan fingerprint density at radius 3 is 0.957 bits per heavy atom. The SMILES string of the molecule is C1CCC([PH+](C2CCCCC2)C2CCCCC2)CC1.C1CCC([PH+](C2CCCCC2)C2CCCCC2)CC1.C=CC1CC(C=C)C(CCCCn2c3ccc(C(C)(C)C)cc3c3cc(C(C)(C)C)ccc32)C1.CC(C)(C)c1ccc2c(c1)c1cc(C(C)(C)C)ccc1n2CCCCC1CC2C=CC1C2.ClCCl.[Cl][Ru]([Cl])=[CH]c1ccccc1. The molecule has 2 bridgehead atoms. The normalized spacial score (nSPS) is 23.0. The summed E-state index contributed by atoms with van der Waals surface area (Å²) in [6, 6.07) is 38.6. The molecule has 2 nitrogen and oxygen atoms in total. The Hall–Kier alpha value is -2.57. The van der Waals surface area contributed by atoms with Gasteiger partial charge in [0.25, 0.3) is 0 Å². The molecule has 0 aliphatic heterocycles. The average molecular weight is 1790 g/mol. The number of fused-ring (bicyclic) bond motifs is 8. The van der Waals surface area contributed by atoms with Gasteiger partial charge >= 0.3 is 73.4 Å². The molecule has 9 aliphatic rings. The third kappa shape index (κ3) is 27.0. The molecule has 117 heavy (non-hydrogen) atoms. The van der Waals surface area contributed by atoms with Crippen LogP contribution in [-0.2, 0) is 48.3 Å². The van der Waals surface area contributed by atoms with Gasteiger partial charge in [0.15, 0.2) is 0 Å². The maximum absolute atomic E-state index is 5.67. The van der Waals surface area contributed by atoms with E-state index in [4.69, 9.17) is 42.6 Å². The van der Waals surface area contributed by atoms with Gasteiger partial charge in [-0.05, 0) is 333 Å². The van der Waals surface area contributed by atoms with Gasteiger partial charge in [-0.25, -0.2) is 0 Å². The van der Waals surface area contributed by atoms with E-state index >= 15 is 0 Å². The first-order valence-corrected chi connectivity index (χ1v) is 58.1. The number of nitrogens with zero attached hydrogens (tertiary/aromatic N) is 2. The average Bonchev–Trinajstić information content (AvgIpc) is 1.60. The molecule has 8 saturated carbocycles. The number of hydrogen-bond acceptors (Lipinski definition) is 0. The molecule has 9 heteroatoms. The summed E-state index contributed by atoms with van der Waals surface area (Å²) in [5, 5.41) is 5.86. The zero-order valence-corrected chi connectivity index (χ0v) is 82.5. The number of rotatable bonds is 19. The minimum atomic E-state index is -1.61. The van der Waals surface area contributed by atoms with Crippen LogP contribution in [0.3, 0.4) is 0 Å². The molecule has 5 aromatic carbocycles. The summed E-state index contributed by atoms with van der Waals surface area (Å²) < 4.78 is 7.10. The molecule has 2 aromatic heterocycles. The van der Waals surface area contributed by atoms with Gasteiger partial charge in [0, 0.05) is 72.5 Å². The predicted octanol–water partition coefficient (Wildman–Crippen LogP) is 34.9. The van der Waals surface area contributed by atoms with Crippen LogP contribution in [0.25, 0.3) is 43.6 Å². The van der Waals surface area contributed by atoms with Gasteiger partial charge in [0.1, 0.15) is 0 Å². The van der Waals surface area contributed by atoms with Gasteiger partial charge in [0.05, 0.1) is 39.3 Å². The number of allylic oxidation sites excluding steroid dienone is 4. The summed E-state index contributed by atoms with van der Waals surface area (Å²) in [4.78, 5) is 0. The molecule has 6 atom stereocenters. The molecule has 0 N–H and O–H groups in total. The van der Waals surface area contributed by atoms with Crippen molar-refractivity contribution in [1.29, 1.82) is 0 Å². The maximum atomic E-state index is 5.67. The molecule has 0 saturated heterocycles. The molecule has 648 valence electrons. The Labute approximate surface area is 741 Å². The van der Waals surface area contributed by atoms with Crippen LogP contribution in [0.4, 0.5) is 0 Å². The van der Waals surface area contributed by atoms with E-state index in [-0.39, 0.29) is 42.8 Å². The number of aryl methyl sites for hydroxylation is 2. The van der Waals surface area contributed by atoms with Crippen molar-refractivity contribution < 1.29 is 13.5 Å². The zero-order chi connectivity index (χ0) is 83.3. The first-order valence-electron chi connectivity index (χ1n) is 48.0. The molecule has 16 rings (SSSR count). The summed E-state index contributed by atoms with van der Waals surface area (Å²) in [7, 11) is 11.2. The molecule has 8 fully saturated rings. The second-order valence-corrected chi connectivity index (χ2v) is 55.6. The van der Waals surface area contributed by atoms with Crippen molar-refractivity contribution in [2.75, 3.05) is 5.34 Å². The summed E-state index contributed by atoms with van der Waals surface area (Å²) in [6.07, 6.45) is 70.2. The van der Waals surface area contributed by atoms with Gasteiger partial charge in [-0.3, -0.25) is 0 Å². The number of unbranched alkanes of at least 4 members (excludes halogenated alkanes) is 2. The molecule has 6 unspecified atom stereocenters. The first-order chi connectivity index (χ1) is 56.2. The van der Waals surface area contributed by atoms with Crippen molar-refractivity contribution in [3.63, 3.8) is 0 Å². The molecular weight excluding hydrogens is 1630 g/mol. The minimum absolute atomic E-state index is 0.0465. The second kappa shape index (κ2) is 46.1. The Morgan fingerprint density at radius 2 is 0.692 bits per heavy atom. The molecule has 0 amide bonds. The first kappa shape index (κ1) is 95.1. The second-order valence-electron chi connectivity index (χ2n) is 42.2. The van der Waals surface area contributed by atoms with E-state index in [1.807, 2.05) is 34.9 Å². The molecule has 0 radical (unpaired) electrons. The summed E-state index contributed by atoms with van der Waals surface area (Å²) in [5.41, 5.74) is 20.4. The van der Waals surface area contributed by atoms with Crippen LogP contribution in [0, 0.1) is 35.5 Å². The Morgan fingerprint density at radius 1 is 0.376 bits per heavy atom. The van der Waals surface area contributed by atoms with Gasteiger partial charge in [-0.1, -0.05) is 183 Å². The van der Waals surface area contributed by atoms with E-state index in [9.17, 15) is 0 Å². The fourth-order valence-electron chi connectivity index (χ4n) is 23.4. The van der Waals surface area contributed by atoms with Crippen LogP contribution in [0.1, 0.15) is 368 Å². The van der Waals surface area contributed by atoms with Crippen molar-refractivity contribution in [1.82, 2.24) is 9.13 Å². The number of alkyl halides is 2. The van der Waals surface area contributed by atoms with E-state index in [0.29, 0.717) is 11.8 Å². The Bertz CT molecular complexity index is 3930. The fourth-order valence-corrected chi connectivity index (χ4v) is 35.7. The van der Waals surface area contributed by atoms with Crippen LogP contribution in [0.5, 0.6) is 0 Å². The van der Waals surface area contributed by atoms with Gasteiger partial charge in [0.2, 0.25) is 0 Å². The van der Waals surface area contributed by atoms with Crippen LogP contribution >= 0.6 is 58.4 Å². The number of benzene rings is 5. The van der Waals surface area contributed by atoms with E-state index < -0.39 is 13.5 Å². The summed E-state index contributed by atoms with van der Waals surface area (Å²) in [6.45, 7) is 38.1. The van der Waals surface area contributed by atoms with E-state index in [1.165, 1.54) is 164 Å². The standard InChI is InChI=1S/C33H45N.C31H41N.2C18H33P.C7H6.CH2Cl2.2ClH.Ru/c1-9-23-19-24(10-2)25(20-23)13-11-12-18-34-30-16-14-26(32(3,4)5)21-28(30)29-22-27(33(6,7)8)15-17-31(29)34;1-30(2,3)24-12-14-28-26(19-24)27-20-25(31(4,5)6)13-15-29(27)32(28)16-8-7-9-22-17-21-10-11-23(22)18-21;2*1-4-10-16(11-5-1)19(17-12-6-2-7-13-17)18-14-8-3-9-15-18;1-7-5-3-2-4-6-7;2-1-3;;;/h9-10,14-17,21-25H,1-2,11-13,18-20H2,3-8H3;10-15,19-23H,7-9,16-18H2,1-6H3;2*16-18H,1-15H2;1-6H;1H2;2*1H;/q;;;;;;;;+2. The number of hydrogen-bond donors (Lipinski definition) is 0. The van der Waals surface area contributed by atoms with Crippen LogP contribution in [0.15, 0.2) is 141 Å². The van der Waals surface area contributed by atoms with E-state index in [2.05, 4.69) is 202 Å². The van der Waals surface area contributed by atoms with Crippen molar-refractivity contribution in [2.45, 2.75) is 409 Å². The van der Waals surface area contributed by atoms with Gasteiger partial charge in [-0.15, -0.1) is 36.4 Å².